The molecule has 5 nitrogen and oxygen atoms in total. The van der Waals surface area contributed by atoms with Crippen molar-refractivity contribution < 1.29 is 14.3 Å². The first kappa shape index (κ1) is 17.0. The molecule has 2 N–H and O–H groups in total. The molecule has 0 bridgehead atoms. The van der Waals surface area contributed by atoms with Crippen LogP contribution in [-0.2, 0) is 11.2 Å². The lowest BCUT2D eigenvalue weighted by molar-refractivity contribution is -0.115. The zero-order valence-corrected chi connectivity index (χ0v) is 14.5. The fraction of sp³-hybridized carbons (Fsp3) is 0.300. The number of carbonyl (C=O) groups is 2. The van der Waals surface area contributed by atoms with Gasteiger partial charge in [-0.3, -0.25) is 9.59 Å². The van der Waals surface area contributed by atoms with Crippen molar-refractivity contribution in [3.8, 4) is 5.75 Å². The second kappa shape index (κ2) is 7.38. The summed E-state index contributed by atoms with van der Waals surface area (Å²) >= 11 is 0. The average Bonchev–Trinajstić information content (AvgIpc) is 3.41. The van der Waals surface area contributed by atoms with E-state index in [0.29, 0.717) is 17.3 Å². The highest BCUT2D eigenvalue weighted by Crippen LogP contribution is 2.21. The molecule has 0 aromatic heterocycles. The molecule has 0 heterocycles. The first-order valence-electron chi connectivity index (χ1n) is 8.39. The minimum absolute atomic E-state index is 0.0628. The smallest absolute Gasteiger partial charge is 0.251 e. The van der Waals surface area contributed by atoms with Crippen LogP contribution in [0.25, 0.3) is 0 Å². The molecule has 0 radical (unpaired) electrons. The molecule has 2 aromatic carbocycles. The molecule has 130 valence electrons. The van der Waals surface area contributed by atoms with E-state index in [1.165, 1.54) is 0 Å². The number of aryl methyl sites for hydroxylation is 1. The summed E-state index contributed by atoms with van der Waals surface area (Å²) in [5.74, 6) is 0.601. The molecule has 1 aliphatic carbocycles. The standard InChI is InChI=1S/C20H22N2O3/c1-13-3-4-14(11-18(13)25-2)12-19(23)21-16-7-5-15(6-8-16)20(24)22-17-9-10-17/h3-8,11,17H,9-10,12H2,1-2H3,(H,21,23)(H,22,24). The predicted molar refractivity (Wildman–Crippen MR) is 97.0 cm³/mol. The van der Waals surface area contributed by atoms with E-state index in [9.17, 15) is 9.59 Å². The lowest BCUT2D eigenvalue weighted by atomic mass is 10.1. The van der Waals surface area contributed by atoms with E-state index < -0.39 is 0 Å². The Labute approximate surface area is 147 Å². The van der Waals surface area contributed by atoms with Crippen LogP contribution in [0.5, 0.6) is 5.75 Å². The average molecular weight is 338 g/mol. The first-order valence-corrected chi connectivity index (χ1v) is 8.39. The van der Waals surface area contributed by atoms with Crippen LogP contribution < -0.4 is 15.4 Å². The van der Waals surface area contributed by atoms with Crippen molar-refractivity contribution in [2.45, 2.75) is 32.2 Å². The number of benzene rings is 2. The quantitative estimate of drug-likeness (QED) is 0.850. The molecule has 0 saturated heterocycles. The summed E-state index contributed by atoms with van der Waals surface area (Å²) in [6.45, 7) is 1.96. The van der Waals surface area contributed by atoms with Gasteiger partial charge in [0.25, 0.3) is 5.91 Å². The molecule has 0 atom stereocenters. The Bertz CT molecular complexity index is 780. The summed E-state index contributed by atoms with van der Waals surface area (Å²) in [7, 11) is 1.62. The third-order valence-corrected chi connectivity index (χ3v) is 4.18. The molecule has 0 aliphatic heterocycles. The van der Waals surface area contributed by atoms with Crippen molar-refractivity contribution >= 4 is 17.5 Å². The van der Waals surface area contributed by atoms with Gasteiger partial charge in [-0.25, -0.2) is 0 Å². The van der Waals surface area contributed by atoms with E-state index in [1.807, 2.05) is 25.1 Å². The Kier molecular flexibility index (Phi) is 5.03. The van der Waals surface area contributed by atoms with Crippen LogP contribution in [0.4, 0.5) is 5.69 Å². The summed E-state index contributed by atoms with van der Waals surface area (Å²) in [6, 6.07) is 13.0. The van der Waals surface area contributed by atoms with Gasteiger partial charge < -0.3 is 15.4 Å². The van der Waals surface area contributed by atoms with Crippen LogP contribution in [0.3, 0.4) is 0 Å². The number of methoxy groups -OCH3 is 1. The summed E-state index contributed by atoms with van der Waals surface area (Å²) in [5, 5.41) is 5.79. The maximum Gasteiger partial charge on any atom is 0.251 e. The van der Waals surface area contributed by atoms with Gasteiger partial charge in [0.2, 0.25) is 5.91 Å². The molecule has 2 amide bonds. The zero-order chi connectivity index (χ0) is 17.8. The first-order chi connectivity index (χ1) is 12.0. The predicted octanol–water partition coefficient (Wildman–Crippen LogP) is 3.08. The monoisotopic (exact) mass is 338 g/mol. The van der Waals surface area contributed by atoms with E-state index >= 15 is 0 Å². The van der Waals surface area contributed by atoms with Gasteiger partial charge in [0.1, 0.15) is 5.75 Å². The Balaban J connectivity index is 1.58. The van der Waals surface area contributed by atoms with Gasteiger partial charge in [0.05, 0.1) is 13.5 Å². The van der Waals surface area contributed by atoms with Crippen molar-refractivity contribution in [1.29, 1.82) is 0 Å². The van der Waals surface area contributed by atoms with Crippen LogP contribution in [-0.4, -0.2) is 25.0 Å². The maximum atomic E-state index is 12.2. The zero-order valence-electron chi connectivity index (χ0n) is 14.5. The van der Waals surface area contributed by atoms with Gasteiger partial charge in [0, 0.05) is 17.3 Å². The fourth-order valence-corrected chi connectivity index (χ4v) is 2.57. The second-order valence-corrected chi connectivity index (χ2v) is 6.35. The van der Waals surface area contributed by atoms with E-state index in [4.69, 9.17) is 4.74 Å². The fourth-order valence-electron chi connectivity index (χ4n) is 2.57. The van der Waals surface area contributed by atoms with Crippen LogP contribution >= 0.6 is 0 Å². The van der Waals surface area contributed by atoms with Gasteiger partial charge in [-0.05, 0) is 61.2 Å². The van der Waals surface area contributed by atoms with E-state index in [-0.39, 0.29) is 18.2 Å². The molecule has 2 aromatic rings. The molecule has 25 heavy (non-hydrogen) atoms. The highest BCUT2D eigenvalue weighted by molar-refractivity contribution is 5.96. The molecule has 1 aliphatic rings. The Morgan fingerprint density at radius 1 is 1.12 bits per heavy atom. The molecule has 5 heteroatoms. The van der Waals surface area contributed by atoms with Crippen LogP contribution in [0.2, 0.25) is 0 Å². The highest BCUT2D eigenvalue weighted by atomic mass is 16.5. The Hall–Kier alpha value is -2.82. The number of anilines is 1. The number of carbonyl (C=O) groups excluding carboxylic acids is 2. The van der Waals surface area contributed by atoms with Crippen molar-refractivity contribution in [2.24, 2.45) is 0 Å². The van der Waals surface area contributed by atoms with Crippen LogP contribution in [0, 0.1) is 6.92 Å². The van der Waals surface area contributed by atoms with Gasteiger partial charge in [-0.1, -0.05) is 12.1 Å². The van der Waals surface area contributed by atoms with Gasteiger partial charge in [-0.15, -0.1) is 0 Å². The summed E-state index contributed by atoms with van der Waals surface area (Å²) in [4.78, 5) is 24.2. The lowest BCUT2D eigenvalue weighted by Gasteiger charge is -2.09. The Morgan fingerprint density at radius 3 is 2.48 bits per heavy atom. The summed E-state index contributed by atoms with van der Waals surface area (Å²) in [5.41, 5.74) is 3.20. The van der Waals surface area contributed by atoms with Crippen molar-refractivity contribution in [3.63, 3.8) is 0 Å². The number of amides is 2. The third kappa shape index (κ3) is 4.59. The normalized spacial score (nSPS) is 13.2. The number of hydrogen-bond acceptors (Lipinski definition) is 3. The van der Waals surface area contributed by atoms with Crippen molar-refractivity contribution in [2.75, 3.05) is 12.4 Å². The molecule has 1 fully saturated rings. The SMILES string of the molecule is COc1cc(CC(=O)Nc2ccc(C(=O)NC3CC3)cc2)ccc1C. The minimum Gasteiger partial charge on any atom is -0.496 e. The molecule has 3 rings (SSSR count). The van der Waals surface area contributed by atoms with Crippen molar-refractivity contribution in [3.05, 3.63) is 59.2 Å². The van der Waals surface area contributed by atoms with E-state index in [2.05, 4.69) is 10.6 Å². The second-order valence-electron chi connectivity index (χ2n) is 6.35. The maximum absolute atomic E-state index is 12.2. The topological polar surface area (TPSA) is 67.4 Å². The Morgan fingerprint density at radius 2 is 1.84 bits per heavy atom. The molecule has 1 saturated carbocycles. The lowest BCUT2D eigenvalue weighted by Crippen LogP contribution is -2.25. The van der Waals surface area contributed by atoms with Crippen LogP contribution in [0.15, 0.2) is 42.5 Å². The number of nitrogens with one attached hydrogen (secondary N) is 2. The van der Waals surface area contributed by atoms with Gasteiger partial charge >= 0.3 is 0 Å². The molecular weight excluding hydrogens is 316 g/mol. The number of hydrogen-bond donors (Lipinski definition) is 2. The van der Waals surface area contributed by atoms with Crippen molar-refractivity contribution in [1.82, 2.24) is 5.32 Å². The number of ether oxygens (including phenoxy) is 1. The largest absolute Gasteiger partial charge is 0.496 e. The third-order valence-electron chi connectivity index (χ3n) is 4.18. The highest BCUT2D eigenvalue weighted by Gasteiger charge is 2.23. The van der Waals surface area contributed by atoms with Gasteiger partial charge in [-0.2, -0.15) is 0 Å². The summed E-state index contributed by atoms with van der Waals surface area (Å²) < 4.78 is 5.28. The molecular formula is C20H22N2O3. The van der Waals surface area contributed by atoms with Gasteiger partial charge in [0.15, 0.2) is 0 Å². The van der Waals surface area contributed by atoms with E-state index in [1.54, 1.807) is 31.4 Å². The number of rotatable bonds is 6. The molecule has 0 unspecified atom stereocenters. The van der Waals surface area contributed by atoms with E-state index in [0.717, 1.165) is 29.7 Å². The minimum atomic E-state index is -0.110. The summed E-state index contributed by atoms with van der Waals surface area (Å²) in [6.07, 6.45) is 2.38. The molecule has 0 spiro atoms. The van der Waals surface area contributed by atoms with Crippen LogP contribution in [0.1, 0.15) is 34.3 Å².